The van der Waals surface area contributed by atoms with E-state index >= 15 is 0 Å². The first-order chi connectivity index (χ1) is 8.18. The maximum atomic E-state index is 10.9. The minimum absolute atomic E-state index is 0.120. The van der Waals surface area contributed by atoms with Crippen molar-refractivity contribution in [3.05, 3.63) is 41.9 Å². The van der Waals surface area contributed by atoms with Gasteiger partial charge in [-0.2, -0.15) is 5.10 Å². The number of carboxylic acid groups (broad SMARTS) is 1. The summed E-state index contributed by atoms with van der Waals surface area (Å²) >= 11 is 0. The van der Waals surface area contributed by atoms with Gasteiger partial charge >= 0.3 is 5.97 Å². The maximum Gasteiger partial charge on any atom is 0.339 e. The second kappa shape index (κ2) is 4.65. The first-order valence-electron chi connectivity index (χ1n) is 4.96. The minimum Gasteiger partial charge on any atom is -0.478 e. The van der Waals surface area contributed by atoms with E-state index in [1.165, 1.54) is 10.9 Å². The SMILES string of the molecule is Cn1ncc(C(=O)O)c1COc1ccccn1. The number of rotatable bonds is 4. The summed E-state index contributed by atoms with van der Waals surface area (Å²) in [7, 11) is 1.67. The molecule has 0 atom stereocenters. The molecule has 88 valence electrons. The van der Waals surface area contributed by atoms with Crippen LogP contribution in [0.15, 0.2) is 30.6 Å². The Morgan fingerprint density at radius 3 is 3.00 bits per heavy atom. The molecule has 6 nitrogen and oxygen atoms in total. The molecule has 0 radical (unpaired) electrons. The minimum atomic E-state index is -1.02. The third-order valence-corrected chi connectivity index (χ3v) is 2.29. The average Bonchev–Trinajstić information content (AvgIpc) is 2.69. The van der Waals surface area contributed by atoms with Gasteiger partial charge in [0.1, 0.15) is 12.2 Å². The molecule has 0 saturated carbocycles. The van der Waals surface area contributed by atoms with Gasteiger partial charge in [-0.1, -0.05) is 6.07 Å². The van der Waals surface area contributed by atoms with E-state index in [0.717, 1.165) is 0 Å². The van der Waals surface area contributed by atoms with Crippen LogP contribution in [0.4, 0.5) is 0 Å². The van der Waals surface area contributed by atoms with Crippen molar-refractivity contribution in [2.45, 2.75) is 6.61 Å². The van der Waals surface area contributed by atoms with Crippen LogP contribution in [-0.4, -0.2) is 25.8 Å². The molecule has 0 unspecified atom stereocenters. The van der Waals surface area contributed by atoms with Gasteiger partial charge in [0.25, 0.3) is 0 Å². The summed E-state index contributed by atoms with van der Waals surface area (Å²) in [6.45, 7) is 0.120. The number of aromatic nitrogens is 3. The Hall–Kier alpha value is -2.37. The maximum absolute atomic E-state index is 10.9. The first-order valence-corrected chi connectivity index (χ1v) is 4.96. The number of pyridine rings is 1. The lowest BCUT2D eigenvalue weighted by Gasteiger charge is -2.06. The van der Waals surface area contributed by atoms with Gasteiger partial charge in [-0.25, -0.2) is 9.78 Å². The first kappa shape index (κ1) is 11.1. The van der Waals surface area contributed by atoms with Crippen LogP contribution in [0.2, 0.25) is 0 Å². The number of aromatic carboxylic acids is 1. The predicted molar refractivity (Wildman–Crippen MR) is 58.7 cm³/mol. The van der Waals surface area contributed by atoms with Crippen LogP contribution in [0.1, 0.15) is 16.1 Å². The van der Waals surface area contributed by atoms with Gasteiger partial charge in [0, 0.05) is 19.3 Å². The van der Waals surface area contributed by atoms with Crippen molar-refractivity contribution in [1.29, 1.82) is 0 Å². The number of hydrogen-bond donors (Lipinski definition) is 1. The monoisotopic (exact) mass is 233 g/mol. The second-order valence-corrected chi connectivity index (χ2v) is 3.39. The molecule has 6 heteroatoms. The highest BCUT2D eigenvalue weighted by molar-refractivity contribution is 5.88. The molecular weight excluding hydrogens is 222 g/mol. The fourth-order valence-electron chi connectivity index (χ4n) is 1.39. The van der Waals surface area contributed by atoms with Crippen molar-refractivity contribution in [3.63, 3.8) is 0 Å². The Morgan fingerprint density at radius 1 is 1.53 bits per heavy atom. The van der Waals surface area contributed by atoms with E-state index in [4.69, 9.17) is 9.84 Å². The molecule has 0 aromatic carbocycles. The Morgan fingerprint density at radius 2 is 2.35 bits per heavy atom. The van der Waals surface area contributed by atoms with E-state index in [0.29, 0.717) is 11.6 Å². The smallest absolute Gasteiger partial charge is 0.339 e. The molecule has 2 aromatic heterocycles. The fraction of sp³-hybridized carbons (Fsp3) is 0.182. The van der Waals surface area contributed by atoms with Gasteiger partial charge in [-0.3, -0.25) is 4.68 Å². The number of carboxylic acids is 1. The largest absolute Gasteiger partial charge is 0.478 e. The van der Waals surface area contributed by atoms with Crippen molar-refractivity contribution in [1.82, 2.24) is 14.8 Å². The molecule has 2 rings (SSSR count). The summed E-state index contributed by atoms with van der Waals surface area (Å²) in [6, 6.07) is 5.28. The quantitative estimate of drug-likeness (QED) is 0.855. The molecule has 0 bridgehead atoms. The van der Waals surface area contributed by atoms with Crippen LogP contribution >= 0.6 is 0 Å². The lowest BCUT2D eigenvalue weighted by Crippen LogP contribution is -2.08. The van der Waals surface area contributed by atoms with Gasteiger partial charge in [-0.15, -0.1) is 0 Å². The summed E-state index contributed by atoms with van der Waals surface area (Å²) < 4.78 is 6.87. The third-order valence-electron chi connectivity index (χ3n) is 2.29. The molecule has 0 fully saturated rings. The zero-order valence-electron chi connectivity index (χ0n) is 9.20. The highest BCUT2D eigenvalue weighted by atomic mass is 16.5. The van der Waals surface area contributed by atoms with Crippen LogP contribution in [0.5, 0.6) is 5.88 Å². The molecule has 2 heterocycles. The van der Waals surface area contributed by atoms with Crippen LogP contribution < -0.4 is 4.74 Å². The molecule has 0 aliphatic rings. The van der Waals surface area contributed by atoms with Gasteiger partial charge < -0.3 is 9.84 Å². The van der Waals surface area contributed by atoms with Crippen LogP contribution in [0.3, 0.4) is 0 Å². The highest BCUT2D eigenvalue weighted by Crippen LogP contribution is 2.11. The predicted octanol–water partition coefficient (Wildman–Crippen LogP) is 1.09. The normalized spacial score (nSPS) is 10.2. The highest BCUT2D eigenvalue weighted by Gasteiger charge is 2.15. The van der Waals surface area contributed by atoms with Gasteiger partial charge in [-0.05, 0) is 6.07 Å². The Kier molecular flexibility index (Phi) is 3.04. The Bertz CT molecular complexity index is 522. The molecule has 0 aliphatic carbocycles. The van der Waals surface area contributed by atoms with Gasteiger partial charge in [0.2, 0.25) is 5.88 Å². The Labute approximate surface area is 97.5 Å². The zero-order chi connectivity index (χ0) is 12.3. The molecule has 17 heavy (non-hydrogen) atoms. The van der Waals surface area contributed by atoms with E-state index in [1.54, 1.807) is 31.4 Å². The van der Waals surface area contributed by atoms with Crippen molar-refractivity contribution < 1.29 is 14.6 Å². The van der Waals surface area contributed by atoms with E-state index in [1.807, 2.05) is 0 Å². The lowest BCUT2D eigenvalue weighted by molar-refractivity contribution is 0.0693. The van der Waals surface area contributed by atoms with E-state index < -0.39 is 5.97 Å². The van der Waals surface area contributed by atoms with Crippen LogP contribution in [-0.2, 0) is 13.7 Å². The van der Waals surface area contributed by atoms with Gasteiger partial charge in [0.15, 0.2) is 0 Å². The topological polar surface area (TPSA) is 77.2 Å². The van der Waals surface area contributed by atoms with E-state index in [9.17, 15) is 4.79 Å². The average molecular weight is 233 g/mol. The summed E-state index contributed by atoms with van der Waals surface area (Å²) in [5, 5.41) is 12.8. The molecule has 2 aromatic rings. The van der Waals surface area contributed by atoms with Crippen LogP contribution in [0, 0.1) is 0 Å². The zero-order valence-corrected chi connectivity index (χ0v) is 9.20. The van der Waals surface area contributed by atoms with Crippen molar-refractivity contribution in [2.75, 3.05) is 0 Å². The standard InChI is InChI=1S/C11H11N3O3/c1-14-9(8(6-13-14)11(15)16)7-17-10-4-2-3-5-12-10/h2-6H,7H2,1H3,(H,15,16). The fourth-order valence-corrected chi connectivity index (χ4v) is 1.39. The van der Waals surface area contributed by atoms with E-state index in [2.05, 4.69) is 10.1 Å². The molecular formula is C11H11N3O3. The second-order valence-electron chi connectivity index (χ2n) is 3.39. The number of carbonyl (C=O) groups is 1. The summed E-state index contributed by atoms with van der Waals surface area (Å²) in [5.74, 6) is -0.567. The molecule has 1 N–H and O–H groups in total. The molecule has 0 aliphatic heterocycles. The number of ether oxygens (including phenoxy) is 1. The Balaban J connectivity index is 2.14. The van der Waals surface area contributed by atoms with Crippen molar-refractivity contribution >= 4 is 5.97 Å². The molecule has 0 spiro atoms. The number of aryl methyl sites for hydroxylation is 1. The van der Waals surface area contributed by atoms with E-state index in [-0.39, 0.29) is 12.2 Å². The lowest BCUT2D eigenvalue weighted by atomic mass is 10.2. The number of hydrogen-bond acceptors (Lipinski definition) is 4. The van der Waals surface area contributed by atoms with Crippen LogP contribution in [0.25, 0.3) is 0 Å². The van der Waals surface area contributed by atoms with Gasteiger partial charge in [0.05, 0.1) is 11.9 Å². The van der Waals surface area contributed by atoms with Crippen molar-refractivity contribution in [2.24, 2.45) is 7.05 Å². The third kappa shape index (κ3) is 2.41. The molecule has 0 saturated heterocycles. The number of nitrogens with zero attached hydrogens (tertiary/aromatic N) is 3. The molecule has 0 amide bonds. The summed E-state index contributed by atoms with van der Waals surface area (Å²) in [4.78, 5) is 14.9. The van der Waals surface area contributed by atoms with Crippen molar-refractivity contribution in [3.8, 4) is 5.88 Å². The summed E-state index contributed by atoms with van der Waals surface area (Å²) in [5.41, 5.74) is 0.645. The summed E-state index contributed by atoms with van der Waals surface area (Å²) in [6.07, 6.45) is 2.91.